The van der Waals surface area contributed by atoms with Crippen molar-refractivity contribution in [1.29, 1.82) is 0 Å². The zero-order valence-electron chi connectivity index (χ0n) is 18.9. The van der Waals surface area contributed by atoms with Crippen LogP contribution in [0.5, 0.6) is 5.75 Å². The fourth-order valence-corrected chi connectivity index (χ4v) is 4.62. The van der Waals surface area contributed by atoms with Crippen molar-refractivity contribution < 1.29 is 18.3 Å². The number of amides is 1. The van der Waals surface area contributed by atoms with E-state index >= 15 is 0 Å². The molecular weight excluding hydrogens is 452 g/mol. The molecule has 9 heteroatoms. The molecule has 3 N–H and O–H groups in total. The number of carbonyl (C=O) groups excluding carboxylic acids is 1. The molecule has 0 unspecified atom stereocenters. The summed E-state index contributed by atoms with van der Waals surface area (Å²) in [5.41, 5.74) is 3.84. The van der Waals surface area contributed by atoms with Gasteiger partial charge in [0.1, 0.15) is 11.4 Å². The highest BCUT2D eigenvalue weighted by atomic mass is 32.2. The molecule has 0 fully saturated rings. The van der Waals surface area contributed by atoms with E-state index in [4.69, 9.17) is 0 Å². The van der Waals surface area contributed by atoms with E-state index in [0.29, 0.717) is 22.6 Å². The Morgan fingerprint density at radius 2 is 1.68 bits per heavy atom. The third-order valence-corrected chi connectivity index (χ3v) is 7.49. The van der Waals surface area contributed by atoms with Crippen LogP contribution in [0.15, 0.2) is 77.7 Å². The number of nitrogens with one attached hydrogen (secondary N) is 2. The van der Waals surface area contributed by atoms with Crippen LogP contribution in [-0.4, -0.2) is 36.7 Å². The van der Waals surface area contributed by atoms with Gasteiger partial charge in [0, 0.05) is 18.3 Å². The van der Waals surface area contributed by atoms with E-state index in [9.17, 15) is 18.3 Å². The quantitative estimate of drug-likeness (QED) is 0.380. The molecule has 4 rings (SSSR count). The number of benzene rings is 3. The molecule has 1 heterocycles. The van der Waals surface area contributed by atoms with Crippen molar-refractivity contribution in [3.63, 3.8) is 0 Å². The predicted molar refractivity (Wildman–Crippen MR) is 132 cm³/mol. The Labute approximate surface area is 197 Å². The summed E-state index contributed by atoms with van der Waals surface area (Å²) < 4.78 is 27.0. The number of phenolic OH excluding ortho intramolecular Hbond substituents is 1. The number of hydrogen-bond acceptors (Lipinski definition) is 5. The van der Waals surface area contributed by atoms with Crippen LogP contribution in [0, 0.1) is 13.8 Å². The minimum absolute atomic E-state index is 0.103. The van der Waals surface area contributed by atoms with Crippen molar-refractivity contribution in [3.8, 4) is 17.0 Å². The Balaban J connectivity index is 1.49. The van der Waals surface area contributed by atoms with E-state index in [1.165, 1.54) is 35.6 Å². The van der Waals surface area contributed by atoms with E-state index < -0.39 is 15.9 Å². The maximum atomic E-state index is 12.9. The Bertz CT molecular complexity index is 1450. The number of aromatic amines is 1. The van der Waals surface area contributed by atoms with Gasteiger partial charge in [-0.3, -0.25) is 14.2 Å². The van der Waals surface area contributed by atoms with Crippen LogP contribution >= 0.6 is 0 Å². The normalized spacial score (nSPS) is 11.3. The number of phenols is 1. The first-order valence-electron chi connectivity index (χ1n) is 10.5. The Morgan fingerprint density at radius 3 is 2.35 bits per heavy atom. The standard InChI is InChI=1S/C25H24N4O4S/c1-16-9-14-21(24(30)17(16)2)22-15-23(28-27-22)25(31)26-18-10-12-20(13-11-18)34(32,33)29(3)19-7-5-4-6-8-19/h4-15,30H,1-3H3,(H,26,31)(H,27,28). The smallest absolute Gasteiger partial charge is 0.273 e. The van der Waals surface area contributed by atoms with Gasteiger partial charge in [-0.25, -0.2) is 8.42 Å². The molecule has 174 valence electrons. The highest BCUT2D eigenvalue weighted by Crippen LogP contribution is 2.32. The van der Waals surface area contributed by atoms with Crippen molar-refractivity contribution >= 4 is 27.3 Å². The van der Waals surface area contributed by atoms with E-state index in [1.54, 1.807) is 36.4 Å². The maximum absolute atomic E-state index is 12.9. The number of aromatic hydroxyl groups is 1. The highest BCUT2D eigenvalue weighted by Gasteiger charge is 2.21. The average Bonchev–Trinajstić information content (AvgIpc) is 3.33. The third-order valence-electron chi connectivity index (χ3n) is 5.69. The van der Waals surface area contributed by atoms with Crippen molar-refractivity contribution in [2.75, 3.05) is 16.7 Å². The van der Waals surface area contributed by atoms with Gasteiger partial charge in [0.15, 0.2) is 0 Å². The molecule has 0 aliphatic heterocycles. The second-order valence-electron chi connectivity index (χ2n) is 7.86. The first-order chi connectivity index (χ1) is 16.2. The number of H-pyrrole nitrogens is 1. The molecule has 0 bridgehead atoms. The number of hydrogen-bond donors (Lipinski definition) is 3. The summed E-state index contributed by atoms with van der Waals surface area (Å²) in [7, 11) is -2.26. The summed E-state index contributed by atoms with van der Waals surface area (Å²) in [6.45, 7) is 3.72. The molecule has 0 spiro atoms. The number of para-hydroxylation sites is 1. The summed E-state index contributed by atoms with van der Waals surface area (Å²) in [6, 6.07) is 19.9. The number of nitrogens with zero attached hydrogens (tertiary/aromatic N) is 2. The van der Waals surface area contributed by atoms with Crippen LogP contribution in [0.4, 0.5) is 11.4 Å². The Morgan fingerprint density at radius 1 is 1.00 bits per heavy atom. The number of aromatic nitrogens is 2. The van der Waals surface area contributed by atoms with E-state index in [0.717, 1.165) is 11.1 Å². The summed E-state index contributed by atoms with van der Waals surface area (Å²) in [5.74, 6) is -0.324. The first-order valence-corrected chi connectivity index (χ1v) is 11.9. The summed E-state index contributed by atoms with van der Waals surface area (Å²) in [5, 5.41) is 20.0. The minimum Gasteiger partial charge on any atom is -0.507 e. The highest BCUT2D eigenvalue weighted by molar-refractivity contribution is 7.92. The van der Waals surface area contributed by atoms with Gasteiger partial charge in [0.2, 0.25) is 0 Å². The van der Waals surface area contributed by atoms with Crippen LogP contribution in [0.3, 0.4) is 0 Å². The van der Waals surface area contributed by atoms with Crippen LogP contribution in [0.2, 0.25) is 0 Å². The predicted octanol–water partition coefficient (Wildman–Crippen LogP) is 4.48. The zero-order chi connectivity index (χ0) is 24.5. The van der Waals surface area contributed by atoms with E-state index in [-0.39, 0.29) is 16.3 Å². The molecule has 1 amide bonds. The molecule has 0 aliphatic carbocycles. The third kappa shape index (κ3) is 4.38. The number of carbonyl (C=O) groups is 1. The monoisotopic (exact) mass is 476 g/mol. The second-order valence-corrected chi connectivity index (χ2v) is 9.83. The molecule has 3 aromatic carbocycles. The number of aryl methyl sites for hydroxylation is 1. The fraction of sp³-hybridized carbons (Fsp3) is 0.120. The number of anilines is 2. The molecule has 0 saturated heterocycles. The topological polar surface area (TPSA) is 115 Å². The largest absolute Gasteiger partial charge is 0.507 e. The van der Waals surface area contributed by atoms with Crippen molar-refractivity contribution in [1.82, 2.24) is 10.2 Å². The molecule has 0 aliphatic rings. The lowest BCUT2D eigenvalue weighted by atomic mass is 10.0. The summed E-state index contributed by atoms with van der Waals surface area (Å²) in [4.78, 5) is 12.8. The van der Waals surface area contributed by atoms with E-state index in [1.807, 2.05) is 26.0 Å². The number of sulfonamides is 1. The molecule has 4 aromatic rings. The van der Waals surface area contributed by atoms with Crippen molar-refractivity contribution in [2.45, 2.75) is 18.7 Å². The molecule has 1 aromatic heterocycles. The van der Waals surface area contributed by atoms with Gasteiger partial charge >= 0.3 is 0 Å². The molecule has 34 heavy (non-hydrogen) atoms. The van der Waals surface area contributed by atoms with Gasteiger partial charge in [-0.1, -0.05) is 24.3 Å². The Hall–Kier alpha value is -4.11. The maximum Gasteiger partial charge on any atom is 0.273 e. The van der Waals surface area contributed by atoms with Gasteiger partial charge in [0.25, 0.3) is 15.9 Å². The fourth-order valence-electron chi connectivity index (χ4n) is 3.43. The van der Waals surface area contributed by atoms with Gasteiger partial charge in [-0.05, 0) is 73.5 Å². The zero-order valence-corrected chi connectivity index (χ0v) is 19.7. The summed E-state index contributed by atoms with van der Waals surface area (Å²) in [6.07, 6.45) is 0. The molecule has 0 radical (unpaired) electrons. The Kier molecular flexibility index (Phi) is 6.12. The molecule has 0 saturated carbocycles. The molecule has 8 nitrogen and oxygen atoms in total. The number of rotatable bonds is 6. The van der Waals surface area contributed by atoms with Crippen molar-refractivity contribution in [2.24, 2.45) is 0 Å². The van der Waals surface area contributed by atoms with Gasteiger partial charge in [-0.15, -0.1) is 0 Å². The van der Waals surface area contributed by atoms with Gasteiger partial charge < -0.3 is 10.4 Å². The molecule has 0 atom stereocenters. The SMILES string of the molecule is Cc1ccc(-c2cc(C(=O)Nc3ccc(S(=O)(=O)N(C)c4ccccc4)cc3)[nH]n2)c(O)c1C. The molecular formula is C25H24N4O4S. The van der Waals surface area contributed by atoms with Gasteiger partial charge in [-0.2, -0.15) is 5.10 Å². The van der Waals surface area contributed by atoms with Crippen LogP contribution in [0.1, 0.15) is 21.6 Å². The van der Waals surface area contributed by atoms with Crippen LogP contribution in [-0.2, 0) is 10.0 Å². The van der Waals surface area contributed by atoms with E-state index in [2.05, 4.69) is 15.5 Å². The average molecular weight is 477 g/mol. The lowest BCUT2D eigenvalue weighted by Gasteiger charge is -2.19. The summed E-state index contributed by atoms with van der Waals surface area (Å²) >= 11 is 0. The lowest BCUT2D eigenvalue weighted by molar-refractivity contribution is 0.102. The van der Waals surface area contributed by atoms with Crippen LogP contribution in [0.25, 0.3) is 11.3 Å². The minimum atomic E-state index is -3.75. The second kappa shape index (κ2) is 9.03. The van der Waals surface area contributed by atoms with Crippen molar-refractivity contribution in [3.05, 3.63) is 89.6 Å². The first kappa shape index (κ1) is 23.1. The van der Waals surface area contributed by atoms with Gasteiger partial charge in [0.05, 0.1) is 16.3 Å². The lowest BCUT2D eigenvalue weighted by Crippen LogP contribution is -2.26. The van der Waals surface area contributed by atoms with Crippen LogP contribution < -0.4 is 9.62 Å².